The molecule has 1 unspecified atom stereocenters. The van der Waals surface area contributed by atoms with E-state index in [1.54, 1.807) is 6.07 Å². The molecule has 0 aromatic heterocycles. The van der Waals surface area contributed by atoms with E-state index in [-0.39, 0.29) is 16.9 Å². The Morgan fingerprint density at radius 1 is 0.805 bits per heavy atom. The summed E-state index contributed by atoms with van der Waals surface area (Å²) in [4.78, 5) is 8.25. The molecule has 1 fully saturated rings. The first-order chi connectivity index (χ1) is 19.5. The summed E-state index contributed by atoms with van der Waals surface area (Å²) in [5.74, 6) is 2.31. The van der Waals surface area contributed by atoms with Crippen molar-refractivity contribution in [1.82, 2.24) is 4.90 Å². The normalized spacial score (nSPS) is 15.4. The Hall–Kier alpha value is -2.98. The summed E-state index contributed by atoms with van der Waals surface area (Å²) in [5.41, 5.74) is 4.24. The van der Waals surface area contributed by atoms with Gasteiger partial charge in [-0.2, -0.15) is 0 Å². The first-order valence-corrected chi connectivity index (χ1v) is 15.6. The summed E-state index contributed by atoms with van der Waals surface area (Å²) < 4.78 is 18.5. The minimum Gasteiger partial charge on any atom is -0.491 e. The van der Waals surface area contributed by atoms with Crippen molar-refractivity contribution in [3.8, 4) is 17.2 Å². The minimum absolute atomic E-state index is 0.0382. The molecule has 0 bridgehead atoms. The second-order valence-corrected chi connectivity index (χ2v) is 12.4. The van der Waals surface area contributed by atoms with Crippen LogP contribution in [0.1, 0.15) is 92.7 Å². The lowest BCUT2D eigenvalue weighted by atomic mass is 9.76. The molecule has 2 aromatic rings. The molecule has 0 saturated carbocycles. The summed E-state index contributed by atoms with van der Waals surface area (Å²) in [6.07, 6.45) is 3.22. The van der Waals surface area contributed by atoms with Crippen molar-refractivity contribution in [2.75, 3.05) is 50.8 Å². The Balaban J connectivity index is 1.74. The number of piperazine rings is 1. The smallest absolute Gasteiger partial charge is 0.430 e. The third-order valence-corrected chi connectivity index (χ3v) is 8.93. The van der Waals surface area contributed by atoms with Crippen molar-refractivity contribution >= 4 is 11.4 Å². The molecule has 0 aliphatic carbocycles. The van der Waals surface area contributed by atoms with E-state index in [1.807, 2.05) is 19.9 Å². The number of anilines is 1. The molecule has 1 atom stereocenters. The molecule has 3 rings (SSSR count). The highest BCUT2D eigenvalue weighted by atomic mass is 16.5. The number of diazo groups is 1. The van der Waals surface area contributed by atoms with Crippen LogP contribution in [0.5, 0.6) is 17.2 Å². The summed E-state index contributed by atoms with van der Waals surface area (Å²) in [5, 5.41) is 9.48. The Morgan fingerprint density at radius 3 is 2.00 bits per heavy atom. The fraction of sp³-hybridized carbons (Fsp3) is 0.647. The number of benzene rings is 2. The van der Waals surface area contributed by atoms with E-state index >= 15 is 0 Å². The second-order valence-electron chi connectivity index (χ2n) is 12.4. The van der Waals surface area contributed by atoms with Crippen LogP contribution < -0.4 is 19.1 Å². The van der Waals surface area contributed by atoms with Gasteiger partial charge in [0.05, 0.1) is 25.0 Å². The first kappa shape index (κ1) is 32.5. The van der Waals surface area contributed by atoms with Crippen LogP contribution in [0.3, 0.4) is 0 Å². The topological polar surface area (TPSA) is 62.3 Å². The molecule has 2 aromatic carbocycles. The fourth-order valence-electron chi connectivity index (χ4n) is 5.27. The van der Waals surface area contributed by atoms with Gasteiger partial charge < -0.3 is 19.1 Å². The van der Waals surface area contributed by atoms with Gasteiger partial charge in [0, 0.05) is 44.4 Å². The van der Waals surface area contributed by atoms with E-state index in [0.717, 1.165) is 63.4 Å². The average molecular weight is 566 g/mol. The summed E-state index contributed by atoms with van der Waals surface area (Å²) in [6.45, 7) is 25.5. The van der Waals surface area contributed by atoms with Crippen LogP contribution in [0.25, 0.3) is 4.98 Å². The molecular formula is C34H53N4O3+. The number of hydrogen-bond donors (Lipinski definition) is 0. The number of rotatable bonds is 14. The van der Waals surface area contributed by atoms with E-state index in [1.165, 1.54) is 11.1 Å². The van der Waals surface area contributed by atoms with E-state index in [4.69, 9.17) is 14.2 Å². The monoisotopic (exact) mass is 565 g/mol. The lowest BCUT2D eigenvalue weighted by molar-refractivity contribution is 0.122. The van der Waals surface area contributed by atoms with Crippen molar-refractivity contribution in [2.45, 2.75) is 98.5 Å². The highest BCUT2D eigenvalue weighted by Crippen LogP contribution is 2.41. The van der Waals surface area contributed by atoms with Crippen molar-refractivity contribution < 1.29 is 14.2 Å². The Morgan fingerprint density at radius 2 is 1.44 bits per heavy atom. The van der Waals surface area contributed by atoms with E-state index < -0.39 is 0 Å². The van der Waals surface area contributed by atoms with E-state index in [0.29, 0.717) is 30.4 Å². The molecule has 1 aliphatic rings. The zero-order chi connectivity index (χ0) is 30.2. The van der Waals surface area contributed by atoms with Gasteiger partial charge in [0.15, 0.2) is 10.7 Å². The molecule has 0 N–H and O–H groups in total. The van der Waals surface area contributed by atoms with Gasteiger partial charge in [-0.3, -0.25) is 4.90 Å². The maximum absolute atomic E-state index is 9.48. The zero-order valence-electron chi connectivity index (χ0n) is 27.0. The highest BCUT2D eigenvalue weighted by Gasteiger charge is 2.29. The summed E-state index contributed by atoms with van der Waals surface area (Å²) in [6, 6.07) is 10.6. The van der Waals surface area contributed by atoms with Crippen LogP contribution in [0.4, 0.5) is 11.4 Å². The maximum Gasteiger partial charge on any atom is 0.430 e. The second kappa shape index (κ2) is 14.3. The van der Waals surface area contributed by atoms with Crippen LogP contribution in [0.15, 0.2) is 30.3 Å². The highest BCUT2D eigenvalue weighted by molar-refractivity contribution is 5.72. The molecule has 0 radical (unpaired) electrons. The largest absolute Gasteiger partial charge is 0.491 e. The predicted octanol–water partition coefficient (Wildman–Crippen LogP) is 8.32. The Bertz CT molecular complexity index is 1180. The van der Waals surface area contributed by atoms with Gasteiger partial charge in [-0.15, -0.1) is 0 Å². The van der Waals surface area contributed by atoms with Gasteiger partial charge in [0.25, 0.3) is 0 Å². The van der Waals surface area contributed by atoms with Crippen molar-refractivity contribution in [3.05, 3.63) is 46.4 Å². The van der Waals surface area contributed by atoms with Gasteiger partial charge in [0.2, 0.25) is 11.1 Å². The Labute approximate surface area is 248 Å². The van der Waals surface area contributed by atoms with Crippen LogP contribution >= 0.6 is 0 Å². The van der Waals surface area contributed by atoms with Gasteiger partial charge in [-0.05, 0) is 55.6 Å². The molecule has 226 valence electrons. The zero-order valence-corrected chi connectivity index (χ0v) is 27.0. The van der Waals surface area contributed by atoms with Crippen molar-refractivity contribution in [1.29, 1.82) is 5.39 Å². The molecule has 1 saturated heterocycles. The lowest BCUT2D eigenvalue weighted by Crippen LogP contribution is -2.49. The lowest BCUT2D eigenvalue weighted by Gasteiger charge is -2.38. The Kier molecular flexibility index (Phi) is 11.3. The van der Waals surface area contributed by atoms with Crippen molar-refractivity contribution in [2.24, 2.45) is 0 Å². The molecule has 0 amide bonds. The molecule has 1 heterocycles. The van der Waals surface area contributed by atoms with Crippen molar-refractivity contribution in [3.63, 3.8) is 0 Å². The molecule has 7 heteroatoms. The SMILES string of the molecule is CCOc1cc(N2CCN(CC(CC)Oc3ccc(C(C)(C)CC)cc3C(C)(C)CC)CC2)c(OCC)cc1[N+]#N. The van der Waals surface area contributed by atoms with Gasteiger partial charge in [-0.1, -0.05) is 60.6 Å². The van der Waals surface area contributed by atoms with Gasteiger partial charge >= 0.3 is 5.69 Å². The van der Waals surface area contributed by atoms with Gasteiger partial charge in [-0.25, -0.2) is 0 Å². The van der Waals surface area contributed by atoms with E-state index in [9.17, 15) is 5.39 Å². The molecule has 41 heavy (non-hydrogen) atoms. The summed E-state index contributed by atoms with van der Waals surface area (Å²) >= 11 is 0. The molecule has 1 aliphatic heterocycles. The summed E-state index contributed by atoms with van der Waals surface area (Å²) in [7, 11) is 0. The number of nitrogens with zero attached hydrogens (tertiary/aromatic N) is 4. The minimum atomic E-state index is 0.0382. The molecule has 7 nitrogen and oxygen atoms in total. The fourth-order valence-corrected chi connectivity index (χ4v) is 5.27. The standard InChI is InChI=1S/C34H53N4O3/c1-10-26(41-30-16-15-25(33(6,7)11-2)21-27(30)34(8,9)12-3)24-37-17-19-38(20-18-37)29-23-31(39-13-4)28(36-35)22-32(29)40-14-5/h15-16,21-23,26H,10-14,17-20,24H2,1-9H3/q+1. The number of ether oxygens (including phenoxy) is 3. The predicted molar refractivity (Wildman–Crippen MR) is 170 cm³/mol. The average Bonchev–Trinajstić information content (AvgIpc) is 2.98. The first-order valence-electron chi connectivity index (χ1n) is 15.6. The maximum atomic E-state index is 9.48. The van der Waals surface area contributed by atoms with Crippen LogP contribution in [-0.2, 0) is 10.8 Å². The molecular weight excluding hydrogens is 512 g/mol. The van der Waals surface area contributed by atoms with Gasteiger partial charge in [0.1, 0.15) is 11.9 Å². The quantitative estimate of drug-likeness (QED) is 0.215. The third-order valence-electron chi connectivity index (χ3n) is 8.93. The number of hydrogen-bond acceptors (Lipinski definition) is 6. The van der Waals surface area contributed by atoms with Crippen LogP contribution in [0, 0.1) is 5.39 Å². The van der Waals surface area contributed by atoms with Crippen LogP contribution in [0.2, 0.25) is 0 Å². The molecule has 0 spiro atoms. The third kappa shape index (κ3) is 7.86. The van der Waals surface area contributed by atoms with Crippen LogP contribution in [-0.4, -0.2) is 56.9 Å². The van der Waals surface area contributed by atoms with E-state index in [2.05, 4.69) is 81.4 Å².